The van der Waals surface area contributed by atoms with Crippen molar-refractivity contribution < 1.29 is 23.8 Å². The minimum atomic E-state index is -0.835. The van der Waals surface area contributed by atoms with E-state index in [4.69, 9.17) is 14.6 Å². The van der Waals surface area contributed by atoms with Crippen molar-refractivity contribution in [3.63, 3.8) is 0 Å². The highest BCUT2D eigenvalue weighted by molar-refractivity contribution is 5.71. The fourth-order valence-electron chi connectivity index (χ4n) is 2.64. The number of methoxy groups -OCH3 is 1. The van der Waals surface area contributed by atoms with Gasteiger partial charge in [-0.3, -0.25) is 4.79 Å². The first kappa shape index (κ1) is 14.1. The molecule has 0 aromatic heterocycles. The van der Waals surface area contributed by atoms with E-state index >= 15 is 0 Å². The van der Waals surface area contributed by atoms with Gasteiger partial charge in [0.15, 0.2) is 11.5 Å². The zero-order valence-electron chi connectivity index (χ0n) is 11.8. The molecule has 1 aliphatic carbocycles. The van der Waals surface area contributed by atoms with Crippen molar-refractivity contribution in [1.29, 1.82) is 0 Å². The Labute approximate surface area is 122 Å². The molecule has 114 valence electrons. The van der Waals surface area contributed by atoms with E-state index in [0.29, 0.717) is 30.0 Å². The third kappa shape index (κ3) is 2.95. The normalized spacial score (nSPS) is 24.9. The summed E-state index contributed by atoms with van der Waals surface area (Å²) in [6.07, 6.45) is 2.54. The fourth-order valence-corrected chi connectivity index (χ4v) is 2.64. The molecule has 1 saturated carbocycles. The van der Waals surface area contributed by atoms with E-state index in [9.17, 15) is 9.18 Å². The van der Waals surface area contributed by atoms with E-state index in [-0.39, 0.29) is 12.1 Å². The van der Waals surface area contributed by atoms with Gasteiger partial charge in [0.25, 0.3) is 0 Å². The molecule has 0 bridgehead atoms. The van der Waals surface area contributed by atoms with Gasteiger partial charge in [-0.25, -0.2) is 4.39 Å². The number of carboxylic acids is 1. The summed E-state index contributed by atoms with van der Waals surface area (Å²) in [7, 11) is 1.47. The van der Waals surface area contributed by atoms with Crippen LogP contribution in [0.2, 0.25) is 0 Å². The summed E-state index contributed by atoms with van der Waals surface area (Å²) in [6.45, 7) is 0.377. The Morgan fingerprint density at radius 3 is 2.76 bits per heavy atom. The molecule has 21 heavy (non-hydrogen) atoms. The molecule has 0 spiro atoms. The van der Waals surface area contributed by atoms with Gasteiger partial charge in [0.05, 0.1) is 19.1 Å². The van der Waals surface area contributed by atoms with Crippen LogP contribution in [0.25, 0.3) is 0 Å². The van der Waals surface area contributed by atoms with Gasteiger partial charge in [0.2, 0.25) is 0 Å². The number of benzene rings is 1. The smallest absolute Gasteiger partial charge is 0.307 e. The average molecular weight is 295 g/mol. The van der Waals surface area contributed by atoms with Gasteiger partial charge in [-0.05, 0) is 25.3 Å². The number of ether oxygens (including phenoxy) is 2. The van der Waals surface area contributed by atoms with Gasteiger partial charge >= 0.3 is 5.97 Å². The second kappa shape index (κ2) is 5.52. The summed E-state index contributed by atoms with van der Waals surface area (Å²) in [5.74, 6) is -0.816. The van der Waals surface area contributed by atoms with Crippen molar-refractivity contribution in [2.24, 2.45) is 5.92 Å². The van der Waals surface area contributed by atoms with Crippen molar-refractivity contribution in [2.75, 3.05) is 13.7 Å². The van der Waals surface area contributed by atoms with Crippen LogP contribution in [0, 0.1) is 11.7 Å². The van der Waals surface area contributed by atoms with E-state index < -0.39 is 17.7 Å². The lowest BCUT2D eigenvalue weighted by Crippen LogP contribution is -2.18. The molecule has 2 aliphatic rings. The molecule has 1 aromatic rings. The average Bonchev–Trinajstić information content (AvgIpc) is 3.13. The lowest BCUT2D eigenvalue weighted by atomic mass is 9.99. The molecule has 0 radical (unpaired) electrons. The van der Waals surface area contributed by atoms with Gasteiger partial charge in [0.1, 0.15) is 5.82 Å². The SMILES string of the molecule is COc1cc(F)cc(C2CC(C(=O)O)CN2)c1OC1CC1. The second-order valence-electron chi connectivity index (χ2n) is 5.58. The van der Waals surface area contributed by atoms with Crippen molar-refractivity contribution in [1.82, 2.24) is 5.32 Å². The van der Waals surface area contributed by atoms with Crippen LogP contribution in [0.4, 0.5) is 4.39 Å². The Bertz CT molecular complexity index is 559. The predicted molar refractivity (Wildman–Crippen MR) is 73.1 cm³/mol. The molecule has 1 heterocycles. The fraction of sp³-hybridized carbons (Fsp3) is 0.533. The predicted octanol–water partition coefficient (Wildman–Crippen LogP) is 2.11. The Morgan fingerprint density at radius 1 is 1.43 bits per heavy atom. The zero-order chi connectivity index (χ0) is 15.0. The van der Waals surface area contributed by atoms with Crippen molar-refractivity contribution in [3.8, 4) is 11.5 Å². The summed E-state index contributed by atoms with van der Waals surface area (Å²) in [5, 5.41) is 12.2. The van der Waals surface area contributed by atoms with Crippen LogP contribution in [0.15, 0.2) is 12.1 Å². The summed E-state index contributed by atoms with van der Waals surface area (Å²) in [4.78, 5) is 11.1. The van der Waals surface area contributed by atoms with Crippen LogP contribution >= 0.6 is 0 Å². The van der Waals surface area contributed by atoms with E-state index in [0.717, 1.165) is 12.8 Å². The second-order valence-corrected chi connectivity index (χ2v) is 5.58. The topological polar surface area (TPSA) is 67.8 Å². The third-order valence-corrected chi connectivity index (χ3v) is 3.93. The quantitative estimate of drug-likeness (QED) is 0.871. The molecule has 2 atom stereocenters. The number of halogens is 1. The number of nitrogens with one attached hydrogen (secondary N) is 1. The Hall–Kier alpha value is -1.82. The maximum absolute atomic E-state index is 13.8. The number of aliphatic carboxylic acids is 1. The molecule has 2 fully saturated rings. The maximum atomic E-state index is 13.8. The van der Waals surface area contributed by atoms with Crippen molar-refractivity contribution in [2.45, 2.75) is 31.4 Å². The van der Waals surface area contributed by atoms with Crippen molar-refractivity contribution >= 4 is 5.97 Å². The lowest BCUT2D eigenvalue weighted by molar-refractivity contribution is -0.141. The van der Waals surface area contributed by atoms with Crippen molar-refractivity contribution in [3.05, 3.63) is 23.5 Å². The van der Waals surface area contributed by atoms with E-state index in [1.54, 1.807) is 0 Å². The molecule has 6 heteroatoms. The molecule has 2 N–H and O–H groups in total. The summed E-state index contributed by atoms with van der Waals surface area (Å²) in [5.41, 5.74) is 0.641. The molecule has 5 nitrogen and oxygen atoms in total. The molecule has 1 saturated heterocycles. The minimum Gasteiger partial charge on any atom is -0.493 e. The van der Waals surface area contributed by atoms with E-state index in [1.807, 2.05) is 0 Å². The number of hydrogen-bond donors (Lipinski definition) is 2. The van der Waals surface area contributed by atoms with Gasteiger partial charge in [0, 0.05) is 24.2 Å². The Kier molecular flexibility index (Phi) is 3.71. The lowest BCUT2D eigenvalue weighted by Gasteiger charge is -2.19. The first-order chi connectivity index (χ1) is 10.1. The van der Waals surface area contributed by atoms with Crippen LogP contribution in [0.5, 0.6) is 11.5 Å². The molecule has 2 unspecified atom stereocenters. The van der Waals surface area contributed by atoms with E-state index in [2.05, 4.69) is 5.32 Å². The summed E-state index contributed by atoms with van der Waals surface area (Å²) < 4.78 is 24.9. The number of rotatable bonds is 5. The molecule has 3 rings (SSSR count). The molecule has 0 amide bonds. The highest BCUT2D eigenvalue weighted by Crippen LogP contribution is 2.42. The van der Waals surface area contributed by atoms with E-state index in [1.165, 1.54) is 19.2 Å². The maximum Gasteiger partial charge on any atom is 0.307 e. The number of carbonyl (C=O) groups is 1. The highest BCUT2D eigenvalue weighted by Gasteiger charge is 2.34. The first-order valence-corrected chi connectivity index (χ1v) is 7.08. The third-order valence-electron chi connectivity index (χ3n) is 3.93. The Morgan fingerprint density at radius 2 is 2.19 bits per heavy atom. The minimum absolute atomic E-state index is 0.153. The molecule has 1 aliphatic heterocycles. The number of carboxylic acid groups (broad SMARTS) is 1. The largest absolute Gasteiger partial charge is 0.493 e. The molecule has 1 aromatic carbocycles. The van der Waals surface area contributed by atoms with Gasteiger partial charge in [-0.2, -0.15) is 0 Å². The van der Waals surface area contributed by atoms with Gasteiger partial charge < -0.3 is 19.9 Å². The summed E-state index contributed by atoms with van der Waals surface area (Å²) in [6, 6.07) is 2.47. The molecular formula is C15H18FNO4. The zero-order valence-corrected chi connectivity index (χ0v) is 11.8. The Balaban J connectivity index is 1.92. The number of hydrogen-bond acceptors (Lipinski definition) is 4. The monoisotopic (exact) mass is 295 g/mol. The standard InChI is InChI=1S/C15H18FNO4/c1-20-13-6-9(16)5-11(14(13)21-10-2-3-10)12-4-8(7-17-12)15(18)19/h5-6,8,10,12,17H,2-4,7H2,1H3,(H,18,19). The van der Waals surface area contributed by atoms with Crippen LogP contribution in [0.3, 0.4) is 0 Å². The van der Waals surface area contributed by atoms with Crippen LogP contribution < -0.4 is 14.8 Å². The van der Waals surface area contributed by atoms with Crippen LogP contribution in [-0.4, -0.2) is 30.8 Å². The summed E-state index contributed by atoms with van der Waals surface area (Å²) >= 11 is 0. The van der Waals surface area contributed by atoms with Gasteiger partial charge in [-0.1, -0.05) is 0 Å². The first-order valence-electron chi connectivity index (χ1n) is 7.08. The highest BCUT2D eigenvalue weighted by atomic mass is 19.1. The van der Waals surface area contributed by atoms with Gasteiger partial charge in [-0.15, -0.1) is 0 Å². The molecular weight excluding hydrogens is 277 g/mol. The van der Waals surface area contributed by atoms with Crippen LogP contribution in [0.1, 0.15) is 30.9 Å². The van der Waals surface area contributed by atoms with Crippen LogP contribution in [-0.2, 0) is 4.79 Å².